The standard InChI is InChI=1S/C25H29FN4O3S/c1-30(25(31)19-6-5-8-23(16-19)34(32,33)29-21-13-14-21)15-4-2-3-7-22-17-24(28-27-22)18-9-11-20(26)12-10-18/h5-6,8-12,16-17,21,29H,2-4,7,13-15H2,1H3,(H,27,28). The van der Waals surface area contributed by atoms with Crippen molar-refractivity contribution in [3.63, 3.8) is 0 Å². The van der Waals surface area contributed by atoms with Crippen LogP contribution in [0.2, 0.25) is 0 Å². The maximum Gasteiger partial charge on any atom is 0.253 e. The van der Waals surface area contributed by atoms with Gasteiger partial charge >= 0.3 is 0 Å². The number of halogens is 1. The molecule has 1 amide bonds. The van der Waals surface area contributed by atoms with Crippen molar-refractivity contribution in [1.82, 2.24) is 19.8 Å². The fourth-order valence-electron chi connectivity index (χ4n) is 3.71. The first-order chi connectivity index (χ1) is 16.3. The van der Waals surface area contributed by atoms with E-state index in [2.05, 4.69) is 14.9 Å². The molecule has 1 fully saturated rings. The highest BCUT2D eigenvalue weighted by Crippen LogP contribution is 2.23. The zero-order valence-corrected chi connectivity index (χ0v) is 19.9. The SMILES string of the molecule is CN(CCCCCc1cc(-c2ccc(F)cc2)n[nH]1)C(=O)c1cccc(S(=O)(=O)NC2CC2)c1. The molecule has 0 spiro atoms. The largest absolute Gasteiger partial charge is 0.342 e. The van der Waals surface area contributed by atoms with Crippen LogP contribution >= 0.6 is 0 Å². The molecule has 1 heterocycles. The van der Waals surface area contributed by atoms with Crippen LogP contribution in [0, 0.1) is 5.82 Å². The summed E-state index contributed by atoms with van der Waals surface area (Å²) in [6.07, 6.45) is 5.25. The molecule has 1 saturated carbocycles. The minimum atomic E-state index is -3.59. The zero-order chi connectivity index (χ0) is 24.1. The lowest BCUT2D eigenvalue weighted by atomic mass is 10.1. The Kier molecular flexibility index (Phi) is 7.43. The van der Waals surface area contributed by atoms with E-state index in [0.717, 1.165) is 55.5 Å². The van der Waals surface area contributed by atoms with Crippen LogP contribution in [0.15, 0.2) is 59.5 Å². The molecule has 4 rings (SSSR count). The first-order valence-electron chi connectivity index (χ1n) is 11.5. The molecule has 0 aliphatic heterocycles. The second kappa shape index (κ2) is 10.5. The van der Waals surface area contributed by atoms with E-state index in [9.17, 15) is 17.6 Å². The lowest BCUT2D eigenvalue weighted by molar-refractivity contribution is 0.0792. The van der Waals surface area contributed by atoms with Gasteiger partial charge in [0.15, 0.2) is 0 Å². The zero-order valence-electron chi connectivity index (χ0n) is 19.1. The van der Waals surface area contributed by atoms with Crippen molar-refractivity contribution in [3.8, 4) is 11.3 Å². The Morgan fingerprint density at radius 2 is 1.88 bits per heavy atom. The van der Waals surface area contributed by atoms with E-state index < -0.39 is 10.0 Å². The third-order valence-corrected chi connectivity index (χ3v) is 7.37. The van der Waals surface area contributed by atoms with Crippen LogP contribution in [0.3, 0.4) is 0 Å². The van der Waals surface area contributed by atoms with Crippen molar-refractivity contribution in [2.75, 3.05) is 13.6 Å². The molecule has 0 atom stereocenters. The summed E-state index contributed by atoms with van der Waals surface area (Å²) in [5.41, 5.74) is 3.04. The molecule has 0 bridgehead atoms. The molecule has 7 nitrogen and oxygen atoms in total. The van der Waals surface area contributed by atoms with Crippen molar-refractivity contribution < 1.29 is 17.6 Å². The Labute approximate surface area is 199 Å². The van der Waals surface area contributed by atoms with Crippen LogP contribution in [0.4, 0.5) is 4.39 Å². The predicted octanol–water partition coefficient (Wildman–Crippen LogP) is 4.14. The van der Waals surface area contributed by atoms with Gasteiger partial charge in [-0.3, -0.25) is 9.89 Å². The highest BCUT2D eigenvalue weighted by molar-refractivity contribution is 7.89. The average molecular weight is 485 g/mol. The molecule has 2 aromatic carbocycles. The third kappa shape index (κ3) is 6.30. The Balaban J connectivity index is 1.22. The molecule has 1 aliphatic carbocycles. The van der Waals surface area contributed by atoms with E-state index in [1.165, 1.54) is 24.3 Å². The van der Waals surface area contributed by atoms with Crippen molar-refractivity contribution in [2.24, 2.45) is 0 Å². The number of carbonyl (C=O) groups is 1. The van der Waals surface area contributed by atoms with Gasteiger partial charge in [-0.05, 0) is 80.6 Å². The molecule has 34 heavy (non-hydrogen) atoms. The van der Waals surface area contributed by atoms with Gasteiger partial charge in [0.25, 0.3) is 5.91 Å². The highest BCUT2D eigenvalue weighted by Gasteiger charge is 2.28. The van der Waals surface area contributed by atoms with E-state index in [-0.39, 0.29) is 22.7 Å². The number of aromatic amines is 1. The highest BCUT2D eigenvalue weighted by atomic mass is 32.2. The maximum absolute atomic E-state index is 13.1. The first kappa shape index (κ1) is 24.1. The van der Waals surface area contributed by atoms with Crippen molar-refractivity contribution in [1.29, 1.82) is 0 Å². The number of H-pyrrole nitrogens is 1. The van der Waals surface area contributed by atoms with Gasteiger partial charge in [-0.25, -0.2) is 17.5 Å². The van der Waals surface area contributed by atoms with Gasteiger partial charge in [-0.2, -0.15) is 5.10 Å². The summed E-state index contributed by atoms with van der Waals surface area (Å²) in [6.45, 7) is 0.583. The van der Waals surface area contributed by atoms with Crippen LogP contribution in [-0.2, 0) is 16.4 Å². The predicted molar refractivity (Wildman–Crippen MR) is 128 cm³/mol. The van der Waals surface area contributed by atoms with Crippen molar-refractivity contribution >= 4 is 15.9 Å². The van der Waals surface area contributed by atoms with E-state index in [4.69, 9.17) is 0 Å². The fraction of sp³-hybridized carbons (Fsp3) is 0.360. The smallest absolute Gasteiger partial charge is 0.253 e. The Morgan fingerprint density at radius 3 is 2.62 bits per heavy atom. The molecule has 1 aromatic heterocycles. The van der Waals surface area contributed by atoms with Crippen LogP contribution in [-0.4, -0.2) is 49.1 Å². The van der Waals surface area contributed by atoms with E-state index >= 15 is 0 Å². The van der Waals surface area contributed by atoms with Gasteiger partial charge < -0.3 is 4.90 Å². The molecule has 0 unspecified atom stereocenters. The fourth-order valence-corrected chi connectivity index (χ4v) is 5.06. The third-order valence-electron chi connectivity index (χ3n) is 5.85. The summed E-state index contributed by atoms with van der Waals surface area (Å²) in [5, 5.41) is 7.32. The average Bonchev–Trinajstić information content (AvgIpc) is 3.51. The summed E-state index contributed by atoms with van der Waals surface area (Å²) in [7, 11) is -1.86. The van der Waals surface area contributed by atoms with Gasteiger partial charge in [-0.15, -0.1) is 0 Å². The van der Waals surface area contributed by atoms with Crippen molar-refractivity contribution in [2.45, 2.75) is 49.5 Å². The van der Waals surface area contributed by atoms with Gasteiger partial charge in [0.2, 0.25) is 10.0 Å². The molecule has 9 heteroatoms. The number of aromatic nitrogens is 2. The Morgan fingerprint density at radius 1 is 1.12 bits per heavy atom. The number of rotatable bonds is 11. The normalized spacial score (nSPS) is 13.7. The second-order valence-electron chi connectivity index (χ2n) is 8.75. The topological polar surface area (TPSA) is 95.2 Å². The summed E-state index contributed by atoms with van der Waals surface area (Å²) in [6, 6.07) is 14.4. The molecule has 0 saturated heterocycles. The molecular formula is C25H29FN4O3S. The number of benzene rings is 2. The maximum atomic E-state index is 13.1. The number of nitrogens with zero attached hydrogens (tertiary/aromatic N) is 2. The minimum Gasteiger partial charge on any atom is -0.342 e. The van der Waals surface area contributed by atoms with Gasteiger partial charge in [-0.1, -0.05) is 12.5 Å². The number of aryl methyl sites for hydroxylation is 1. The number of hydrogen-bond acceptors (Lipinski definition) is 4. The van der Waals surface area contributed by atoms with E-state index in [1.807, 2.05) is 6.07 Å². The van der Waals surface area contributed by atoms with E-state index in [1.54, 1.807) is 36.2 Å². The Hall–Kier alpha value is -3.04. The number of amides is 1. The number of unbranched alkanes of at least 4 members (excludes halogenated alkanes) is 2. The first-order valence-corrected chi connectivity index (χ1v) is 13.0. The number of hydrogen-bond donors (Lipinski definition) is 2. The monoisotopic (exact) mass is 484 g/mol. The lowest BCUT2D eigenvalue weighted by Gasteiger charge is -2.17. The molecule has 1 aliphatic rings. The minimum absolute atomic E-state index is 0.0169. The molecule has 3 aromatic rings. The molecule has 180 valence electrons. The Bertz CT molecular complexity index is 1240. The van der Waals surface area contributed by atoms with Crippen LogP contribution < -0.4 is 4.72 Å². The van der Waals surface area contributed by atoms with Crippen LogP contribution in [0.25, 0.3) is 11.3 Å². The van der Waals surface area contributed by atoms with Crippen molar-refractivity contribution in [3.05, 3.63) is 71.7 Å². The van der Waals surface area contributed by atoms with Gasteiger partial charge in [0, 0.05) is 36.5 Å². The van der Waals surface area contributed by atoms with Gasteiger partial charge in [0.1, 0.15) is 5.82 Å². The number of sulfonamides is 1. The molecule has 0 radical (unpaired) electrons. The molecule has 2 N–H and O–H groups in total. The molecular weight excluding hydrogens is 455 g/mol. The number of nitrogens with one attached hydrogen (secondary N) is 2. The number of carbonyl (C=O) groups excluding carboxylic acids is 1. The van der Waals surface area contributed by atoms with Crippen LogP contribution in [0.1, 0.15) is 48.2 Å². The summed E-state index contributed by atoms with van der Waals surface area (Å²) < 4.78 is 40.6. The lowest BCUT2D eigenvalue weighted by Crippen LogP contribution is -2.29. The van der Waals surface area contributed by atoms with Gasteiger partial charge in [0.05, 0.1) is 10.6 Å². The van der Waals surface area contributed by atoms with Crippen LogP contribution in [0.5, 0.6) is 0 Å². The quantitative estimate of drug-likeness (QED) is 0.400. The summed E-state index contributed by atoms with van der Waals surface area (Å²) in [4.78, 5) is 14.5. The summed E-state index contributed by atoms with van der Waals surface area (Å²) >= 11 is 0. The second-order valence-corrected chi connectivity index (χ2v) is 10.5. The summed E-state index contributed by atoms with van der Waals surface area (Å²) in [5.74, 6) is -0.465. The van der Waals surface area contributed by atoms with E-state index in [0.29, 0.717) is 12.1 Å².